The van der Waals surface area contributed by atoms with Gasteiger partial charge in [-0.2, -0.15) is 0 Å². The molecular weight excluding hydrogens is 292 g/mol. The molecule has 21 heavy (non-hydrogen) atoms. The average molecular weight is 314 g/mol. The fourth-order valence-electron chi connectivity index (χ4n) is 2.28. The van der Waals surface area contributed by atoms with E-state index in [0.29, 0.717) is 18.4 Å². The predicted octanol–water partition coefficient (Wildman–Crippen LogP) is 2.80. The highest BCUT2D eigenvalue weighted by Gasteiger charge is 2.22. The minimum atomic E-state index is -3.64. The van der Waals surface area contributed by atoms with Gasteiger partial charge in [-0.05, 0) is 29.9 Å². The largest absolute Gasteiger partial charge is 0.269 e. The van der Waals surface area contributed by atoms with Gasteiger partial charge in [-0.1, -0.05) is 27.7 Å². The summed E-state index contributed by atoms with van der Waals surface area (Å²) >= 11 is 0. The van der Waals surface area contributed by atoms with E-state index in [4.69, 9.17) is 0 Å². The van der Waals surface area contributed by atoms with E-state index < -0.39 is 14.9 Å². The lowest BCUT2D eigenvalue weighted by Crippen LogP contribution is -2.33. The molecule has 6 nitrogen and oxygen atoms in total. The van der Waals surface area contributed by atoms with Crippen LogP contribution in [0.3, 0.4) is 0 Å². The van der Waals surface area contributed by atoms with E-state index in [1.54, 1.807) is 0 Å². The number of rotatable bonds is 7. The first kappa shape index (κ1) is 17.6. The van der Waals surface area contributed by atoms with Crippen LogP contribution in [-0.4, -0.2) is 19.9 Å². The molecular formula is C14H22N2O4S. The summed E-state index contributed by atoms with van der Waals surface area (Å²) in [6.07, 6.45) is 0. The first-order valence-corrected chi connectivity index (χ1v) is 8.37. The van der Waals surface area contributed by atoms with Gasteiger partial charge in [0.15, 0.2) is 0 Å². The highest BCUT2D eigenvalue weighted by molar-refractivity contribution is 7.89. The first-order valence-electron chi connectivity index (χ1n) is 6.89. The lowest BCUT2D eigenvalue weighted by atomic mass is 9.86. The number of nitrogens with zero attached hydrogens (tertiary/aromatic N) is 1. The summed E-state index contributed by atoms with van der Waals surface area (Å²) in [6.45, 7) is 8.60. The molecule has 0 atom stereocenters. The zero-order chi connectivity index (χ0) is 16.2. The van der Waals surface area contributed by atoms with Crippen molar-refractivity contribution in [3.05, 3.63) is 34.4 Å². The van der Waals surface area contributed by atoms with Crippen molar-refractivity contribution >= 4 is 15.7 Å². The minimum absolute atomic E-state index is 0.0411. The Hall–Kier alpha value is -1.47. The second-order valence-corrected chi connectivity index (χ2v) is 7.52. The van der Waals surface area contributed by atoms with Gasteiger partial charge in [-0.15, -0.1) is 0 Å². The number of hydrogen-bond donors (Lipinski definition) is 1. The van der Waals surface area contributed by atoms with E-state index >= 15 is 0 Å². The van der Waals surface area contributed by atoms with Crippen LogP contribution >= 0.6 is 0 Å². The van der Waals surface area contributed by atoms with E-state index in [0.717, 1.165) is 0 Å². The van der Waals surface area contributed by atoms with Crippen molar-refractivity contribution in [1.29, 1.82) is 0 Å². The fraction of sp³-hybridized carbons (Fsp3) is 0.571. The Morgan fingerprint density at radius 3 is 1.95 bits per heavy atom. The maximum absolute atomic E-state index is 12.2. The van der Waals surface area contributed by atoms with E-state index in [9.17, 15) is 18.5 Å². The lowest BCUT2D eigenvalue weighted by Gasteiger charge is -2.24. The van der Waals surface area contributed by atoms with Crippen LogP contribution in [-0.2, 0) is 10.0 Å². The number of sulfonamides is 1. The molecule has 1 rings (SSSR count). The Bertz CT molecular complexity index is 571. The van der Waals surface area contributed by atoms with E-state index in [2.05, 4.69) is 32.4 Å². The van der Waals surface area contributed by atoms with Gasteiger partial charge in [0, 0.05) is 18.7 Å². The van der Waals surface area contributed by atoms with Gasteiger partial charge in [0.05, 0.1) is 9.82 Å². The normalized spacial score (nSPS) is 12.3. The quantitative estimate of drug-likeness (QED) is 0.619. The molecule has 0 saturated carbocycles. The minimum Gasteiger partial charge on any atom is -0.258 e. The molecule has 0 spiro atoms. The van der Waals surface area contributed by atoms with Crippen LogP contribution in [0.2, 0.25) is 0 Å². The number of non-ortho nitro benzene ring substituents is 1. The summed E-state index contributed by atoms with van der Waals surface area (Å²) in [4.78, 5) is 10.1. The Balaban J connectivity index is 2.84. The van der Waals surface area contributed by atoms with Crippen molar-refractivity contribution < 1.29 is 13.3 Å². The maximum Gasteiger partial charge on any atom is 0.269 e. The zero-order valence-electron chi connectivity index (χ0n) is 12.7. The van der Waals surface area contributed by atoms with Crippen molar-refractivity contribution in [2.75, 3.05) is 6.54 Å². The van der Waals surface area contributed by atoms with Crippen molar-refractivity contribution in [1.82, 2.24) is 4.72 Å². The van der Waals surface area contributed by atoms with Crippen LogP contribution in [0.25, 0.3) is 0 Å². The number of hydrogen-bond acceptors (Lipinski definition) is 4. The highest BCUT2D eigenvalue weighted by atomic mass is 32.2. The smallest absolute Gasteiger partial charge is 0.258 e. The molecule has 118 valence electrons. The molecule has 0 unspecified atom stereocenters. The molecule has 1 aromatic carbocycles. The molecule has 0 heterocycles. The van der Waals surface area contributed by atoms with Crippen molar-refractivity contribution in [2.45, 2.75) is 32.6 Å². The zero-order valence-corrected chi connectivity index (χ0v) is 13.6. The molecule has 0 aliphatic rings. The number of nitro benzene ring substituents is 1. The van der Waals surface area contributed by atoms with E-state index in [-0.39, 0.29) is 16.5 Å². The Labute approximate surface area is 125 Å². The SMILES string of the molecule is CC(C)C(CNS(=O)(=O)c1ccc([N+](=O)[O-])cc1)C(C)C. The van der Waals surface area contributed by atoms with Crippen LogP contribution < -0.4 is 4.72 Å². The predicted molar refractivity (Wildman–Crippen MR) is 81.5 cm³/mol. The summed E-state index contributed by atoms with van der Waals surface area (Å²) in [6, 6.07) is 4.88. The number of nitrogens with one attached hydrogen (secondary N) is 1. The lowest BCUT2D eigenvalue weighted by molar-refractivity contribution is -0.384. The number of benzene rings is 1. The van der Waals surface area contributed by atoms with Crippen LogP contribution in [0.15, 0.2) is 29.2 Å². The van der Waals surface area contributed by atoms with Gasteiger partial charge in [0.1, 0.15) is 0 Å². The maximum atomic E-state index is 12.2. The van der Waals surface area contributed by atoms with Crippen LogP contribution in [0.4, 0.5) is 5.69 Å². The molecule has 1 aromatic rings. The fourth-order valence-corrected chi connectivity index (χ4v) is 3.35. The van der Waals surface area contributed by atoms with Crippen molar-refractivity contribution in [2.24, 2.45) is 17.8 Å². The summed E-state index contributed by atoms with van der Waals surface area (Å²) < 4.78 is 27.0. The van der Waals surface area contributed by atoms with Crippen molar-refractivity contribution in [3.8, 4) is 0 Å². The van der Waals surface area contributed by atoms with Crippen LogP contribution in [0, 0.1) is 27.9 Å². The summed E-state index contributed by atoms with van der Waals surface area (Å²) in [5.41, 5.74) is -0.129. The van der Waals surface area contributed by atoms with Gasteiger partial charge in [0.2, 0.25) is 10.0 Å². The third kappa shape index (κ3) is 4.78. The molecule has 0 aliphatic heterocycles. The summed E-state index contributed by atoms with van der Waals surface area (Å²) in [5, 5.41) is 10.6. The topological polar surface area (TPSA) is 89.3 Å². The average Bonchev–Trinajstić information content (AvgIpc) is 2.38. The van der Waals surface area contributed by atoms with Gasteiger partial charge in [-0.25, -0.2) is 13.1 Å². The summed E-state index contributed by atoms with van der Waals surface area (Å²) in [7, 11) is -3.64. The van der Waals surface area contributed by atoms with Gasteiger partial charge >= 0.3 is 0 Å². The van der Waals surface area contributed by atoms with Crippen molar-refractivity contribution in [3.63, 3.8) is 0 Å². The molecule has 0 fully saturated rings. The molecule has 0 aromatic heterocycles. The Morgan fingerprint density at radius 2 is 1.57 bits per heavy atom. The molecule has 1 N–H and O–H groups in total. The summed E-state index contributed by atoms with van der Waals surface area (Å²) in [5.74, 6) is 0.965. The van der Waals surface area contributed by atoms with E-state index in [1.165, 1.54) is 24.3 Å². The van der Waals surface area contributed by atoms with Crippen LogP contribution in [0.1, 0.15) is 27.7 Å². The third-order valence-corrected chi connectivity index (χ3v) is 5.02. The standard InChI is InChI=1S/C14H22N2O4S/c1-10(2)14(11(3)4)9-15-21(19,20)13-7-5-12(6-8-13)16(17)18/h5-8,10-11,14-15H,9H2,1-4H3. The third-order valence-electron chi connectivity index (χ3n) is 3.58. The highest BCUT2D eigenvalue weighted by Crippen LogP contribution is 2.21. The first-order chi connectivity index (χ1) is 9.65. The Kier molecular flexibility index (Phi) is 5.86. The second kappa shape index (κ2) is 7.00. The second-order valence-electron chi connectivity index (χ2n) is 5.75. The Morgan fingerprint density at radius 1 is 1.10 bits per heavy atom. The molecule has 7 heteroatoms. The molecule has 0 radical (unpaired) electrons. The van der Waals surface area contributed by atoms with Crippen LogP contribution in [0.5, 0.6) is 0 Å². The molecule has 0 aliphatic carbocycles. The monoisotopic (exact) mass is 314 g/mol. The molecule has 0 saturated heterocycles. The van der Waals surface area contributed by atoms with Gasteiger partial charge in [-0.3, -0.25) is 10.1 Å². The molecule has 0 amide bonds. The van der Waals surface area contributed by atoms with Gasteiger partial charge in [0.25, 0.3) is 5.69 Å². The van der Waals surface area contributed by atoms with Gasteiger partial charge < -0.3 is 0 Å². The number of nitro groups is 1. The van der Waals surface area contributed by atoms with E-state index in [1.807, 2.05) is 0 Å². The molecule has 0 bridgehead atoms.